The van der Waals surface area contributed by atoms with Crippen LogP contribution < -0.4 is 0 Å². The molecule has 0 saturated carbocycles. The highest BCUT2D eigenvalue weighted by Gasteiger charge is 2.60. The molecule has 2 saturated heterocycles. The first-order valence-electron chi connectivity index (χ1n) is 9.57. The van der Waals surface area contributed by atoms with Gasteiger partial charge in [-0.3, -0.25) is 4.90 Å². The van der Waals surface area contributed by atoms with E-state index < -0.39 is 36.3 Å². The SMILES string of the molecule is O=C(OC(C(F)(F)F)C(F)(F)F)N1CCC2(CC1)CN(Cc1cccc(C(F)(F)F)c1)C2. The summed E-state index contributed by atoms with van der Waals surface area (Å²) in [4.78, 5) is 14.5. The fourth-order valence-electron chi connectivity index (χ4n) is 4.09. The molecule has 1 aromatic rings. The summed E-state index contributed by atoms with van der Waals surface area (Å²) in [5.74, 6) is 0. The van der Waals surface area contributed by atoms with Gasteiger partial charge in [-0.15, -0.1) is 0 Å². The number of piperidine rings is 1. The van der Waals surface area contributed by atoms with Crippen molar-refractivity contribution in [2.75, 3.05) is 26.2 Å². The van der Waals surface area contributed by atoms with Crippen molar-refractivity contribution in [3.05, 3.63) is 35.4 Å². The number of hydrogen-bond donors (Lipinski definition) is 0. The third-order valence-electron chi connectivity index (χ3n) is 5.67. The first-order valence-corrected chi connectivity index (χ1v) is 9.57. The number of nitrogens with zero attached hydrogens (tertiary/aromatic N) is 2. The number of carbonyl (C=O) groups is 1. The molecule has 0 atom stereocenters. The first kappa shape index (κ1) is 24.5. The van der Waals surface area contributed by atoms with Crippen molar-refractivity contribution in [3.8, 4) is 0 Å². The second-order valence-electron chi connectivity index (χ2n) is 8.18. The summed E-state index contributed by atoms with van der Waals surface area (Å²) in [6.07, 6.45) is -21.2. The highest BCUT2D eigenvalue weighted by molar-refractivity contribution is 5.68. The number of amides is 1. The van der Waals surface area contributed by atoms with Crippen LogP contribution in [0.2, 0.25) is 0 Å². The van der Waals surface area contributed by atoms with Crippen molar-refractivity contribution in [1.29, 1.82) is 0 Å². The summed E-state index contributed by atoms with van der Waals surface area (Å²) in [5.41, 5.74) is -0.569. The van der Waals surface area contributed by atoms with Gasteiger partial charge in [-0.2, -0.15) is 39.5 Å². The highest BCUT2D eigenvalue weighted by Crippen LogP contribution is 2.42. The molecule has 0 aliphatic carbocycles. The Labute approximate surface area is 176 Å². The molecule has 1 spiro atoms. The Morgan fingerprint density at radius 1 is 0.969 bits per heavy atom. The van der Waals surface area contributed by atoms with Gasteiger partial charge in [-0.1, -0.05) is 18.2 Å². The Morgan fingerprint density at radius 3 is 2.03 bits per heavy atom. The van der Waals surface area contributed by atoms with Crippen LogP contribution in [0, 0.1) is 5.41 Å². The molecule has 180 valence electrons. The van der Waals surface area contributed by atoms with Crippen LogP contribution in [-0.2, 0) is 17.5 Å². The molecule has 0 bridgehead atoms. The second kappa shape index (κ2) is 8.31. The number of likely N-dealkylation sites (tertiary alicyclic amines) is 2. The summed E-state index contributed by atoms with van der Waals surface area (Å²) in [6.45, 7) is 1.13. The summed E-state index contributed by atoms with van der Waals surface area (Å²) >= 11 is 0. The lowest BCUT2D eigenvalue weighted by Crippen LogP contribution is -2.60. The van der Waals surface area contributed by atoms with E-state index in [2.05, 4.69) is 4.74 Å². The minimum atomic E-state index is -5.77. The van der Waals surface area contributed by atoms with Gasteiger partial charge >= 0.3 is 24.6 Å². The van der Waals surface area contributed by atoms with Crippen molar-refractivity contribution in [1.82, 2.24) is 9.80 Å². The maximum absolute atomic E-state index is 12.8. The van der Waals surface area contributed by atoms with E-state index in [9.17, 15) is 44.3 Å². The van der Waals surface area contributed by atoms with E-state index in [4.69, 9.17) is 0 Å². The molecule has 2 fully saturated rings. The molecule has 3 rings (SSSR count). The Kier molecular flexibility index (Phi) is 6.35. The van der Waals surface area contributed by atoms with Crippen molar-refractivity contribution < 1.29 is 49.0 Å². The molecule has 32 heavy (non-hydrogen) atoms. The van der Waals surface area contributed by atoms with Crippen LogP contribution in [0.1, 0.15) is 24.0 Å². The number of hydrogen-bond acceptors (Lipinski definition) is 3. The zero-order valence-electron chi connectivity index (χ0n) is 16.4. The van der Waals surface area contributed by atoms with Crippen molar-refractivity contribution in [3.63, 3.8) is 0 Å². The van der Waals surface area contributed by atoms with Crippen LogP contribution in [0.25, 0.3) is 0 Å². The van der Waals surface area contributed by atoms with Gasteiger partial charge in [-0.25, -0.2) is 4.79 Å². The molecular formula is C19H19F9N2O2. The molecule has 1 amide bonds. The quantitative estimate of drug-likeness (QED) is 0.558. The molecule has 0 N–H and O–H groups in total. The standard InChI is InChI=1S/C19H19F9N2O2/c20-17(21,22)13-3-1-2-12(8-13)9-29-10-16(11-29)4-6-30(7-5-16)15(31)32-14(18(23,24)25)19(26,27)28/h1-3,8,14H,4-7,9-11H2. The third kappa shape index (κ3) is 5.59. The lowest BCUT2D eigenvalue weighted by atomic mass is 9.72. The number of benzene rings is 1. The van der Waals surface area contributed by atoms with E-state index in [-0.39, 0.29) is 25.0 Å². The zero-order chi connectivity index (χ0) is 23.9. The molecule has 0 radical (unpaired) electrons. The zero-order valence-corrected chi connectivity index (χ0v) is 16.4. The molecule has 1 aromatic carbocycles. The average Bonchev–Trinajstić information content (AvgIpc) is 2.63. The molecule has 13 heteroatoms. The van der Waals surface area contributed by atoms with E-state index in [1.807, 2.05) is 4.90 Å². The van der Waals surface area contributed by atoms with Gasteiger partial charge in [0.15, 0.2) is 0 Å². The number of halogens is 9. The predicted molar refractivity (Wildman–Crippen MR) is 92.3 cm³/mol. The van der Waals surface area contributed by atoms with Gasteiger partial charge < -0.3 is 9.64 Å². The van der Waals surface area contributed by atoms with Crippen molar-refractivity contribution in [2.45, 2.75) is 44.0 Å². The third-order valence-corrected chi connectivity index (χ3v) is 5.67. The first-order chi connectivity index (χ1) is 14.6. The smallest absolute Gasteiger partial charge is 0.426 e. The number of ether oxygens (including phenoxy) is 1. The maximum atomic E-state index is 12.8. The Morgan fingerprint density at radius 2 is 1.53 bits per heavy atom. The topological polar surface area (TPSA) is 32.8 Å². The fourth-order valence-corrected chi connectivity index (χ4v) is 4.09. The molecule has 2 heterocycles. The van der Waals surface area contributed by atoms with Crippen molar-refractivity contribution in [2.24, 2.45) is 5.41 Å². The molecular weight excluding hydrogens is 459 g/mol. The molecule has 2 aliphatic rings. The van der Waals surface area contributed by atoms with Crippen LogP contribution in [-0.4, -0.2) is 60.5 Å². The summed E-state index contributed by atoms with van der Waals surface area (Å²) < 4.78 is 118. The minimum absolute atomic E-state index is 0.0708. The number of carbonyl (C=O) groups excluding carboxylic acids is 1. The van der Waals surface area contributed by atoms with E-state index in [1.54, 1.807) is 6.07 Å². The van der Waals surface area contributed by atoms with Crippen LogP contribution >= 0.6 is 0 Å². The predicted octanol–water partition coefficient (Wildman–Crippen LogP) is 5.23. The van der Waals surface area contributed by atoms with Crippen molar-refractivity contribution >= 4 is 6.09 Å². The van der Waals surface area contributed by atoms with Gasteiger partial charge in [0.1, 0.15) is 0 Å². The van der Waals surface area contributed by atoms with E-state index >= 15 is 0 Å². The molecule has 0 aromatic heterocycles. The molecule has 0 unspecified atom stereocenters. The summed E-state index contributed by atoms with van der Waals surface area (Å²) in [6, 6.07) is 4.91. The lowest BCUT2D eigenvalue weighted by molar-refractivity contribution is -0.308. The van der Waals surface area contributed by atoms with Crippen LogP contribution in [0.5, 0.6) is 0 Å². The van der Waals surface area contributed by atoms with Gasteiger partial charge in [0.2, 0.25) is 0 Å². The summed E-state index contributed by atoms with van der Waals surface area (Å²) in [5, 5.41) is 0. The lowest BCUT2D eigenvalue weighted by Gasteiger charge is -2.54. The Bertz CT molecular complexity index is 805. The maximum Gasteiger partial charge on any atom is 0.434 e. The largest absolute Gasteiger partial charge is 0.434 e. The molecule has 4 nitrogen and oxygen atoms in total. The second-order valence-corrected chi connectivity index (χ2v) is 8.18. The highest BCUT2D eigenvalue weighted by atomic mass is 19.4. The molecule has 2 aliphatic heterocycles. The van der Waals surface area contributed by atoms with Crippen LogP contribution in [0.15, 0.2) is 24.3 Å². The van der Waals surface area contributed by atoms with E-state index in [0.29, 0.717) is 31.5 Å². The van der Waals surface area contributed by atoms with Gasteiger partial charge in [0.05, 0.1) is 5.56 Å². The number of alkyl halides is 9. The summed E-state index contributed by atoms with van der Waals surface area (Å²) in [7, 11) is 0. The number of rotatable bonds is 3. The van der Waals surface area contributed by atoms with E-state index in [1.165, 1.54) is 6.07 Å². The average molecular weight is 478 g/mol. The van der Waals surface area contributed by atoms with E-state index in [0.717, 1.165) is 17.0 Å². The Balaban J connectivity index is 1.50. The minimum Gasteiger partial charge on any atom is -0.426 e. The normalized spacial score (nSPS) is 19.9. The monoisotopic (exact) mass is 478 g/mol. The Hall–Kier alpha value is -2.18. The van der Waals surface area contributed by atoms with Crippen LogP contribution in [0.4, 0.5) is 44.3 Å². The van der Waals surface area contributed by atoms with Crippen LogP contribution in [0.3, 0.4) is 0 Å². The van der Waals surface area contributed by atoms with Gasteiger partial charge in [-0.05, 0) is 29.9 Å². The van der Waals surface area contributed by atoms with Gasteiger partial charge in [0, 0.05) is 32.7 Å². The van der Waals surface area contributed by atoms with Gasteiger partial charge in [0.25, 0.3) is 6.10 Å². The fraction of sp³-hybridized carbons (Fsp3) is 0.632.